The molecule has 1 amide bonds. The van der Waals surface area contributed by atoms with Crippen LogP contribution in [0.5, 0.6) is 5.75 Å². The summed E-state index contributed by atoms with van der Waals surface area (Å²) in [6.07, 6.45) is 0.289. The van der Waals surface area contributed by atoms with E-state index in [2.05, 4.69) is 4.98 Å². The topological polar surface area (TPSA) is 65.6 Å². The number of amides is 1. The first kappa shape index (κ1) is 18.8. The lowest BCUT2D eigenvalue weighted by Gasteiger charge is -2.35. The number of aromatic amines is 1. The van der Waals surface area contributed by atoms with Crippen LogP contribution in [-0.2, 0) is 11.2 Å². The standard InChI is InChI=1S/C24H21ClN2O3/c1-2-30-24(29)27-12-11-17-19-13-15(25)8-10-20(19)26-21(17)22(27)18-9-7-14-5-3-4-6-16(14)23(18)28/h3-10,13,22,26,28H,2,11-12H2,1H3. The molecule has 3 aromatic carbocycles. The Balaban J connectivity index is 1.75. The van der Waals surface area contributed by atoms with Gasteiger partial charge in [-0.3, -0.25) is 4.90 Å². The first-order valence-electron chi connectivity index (χ1n) is 10.0. The summed E-state index contributed by atoms with van der Waals surface area (Å²) in [7, 11) is 0. The van der Waals surface area contributed by atoms with Crippen LogP contribution in [0, 0.1) is 0 Å². The molecule has 4 aromatic rings. The lowest BCUT2D eigenvalue weighted by atomic mass is 9.90. The van der Waals surface area contributed by atoms with E-state index in [9.17, 15) is 9.90 Å². The van der Waals surface area contributed by atoms with Crippen molar-refractivity contribution in [1.82, 2.24) is 9.88 Å². The normalized spacial score (nSPS) is 16.1. The number of nitrogens with one attached hydrogen (secondary N) is 1. The second-order valence-corrected chi connectivity index (χ2v) is 7.91. The fourth-order valence-corrected chi connectivity index (χ4v) is 4.65. The van der Waals surface area contributed by atoms with Crippen molar-refractivity contribution in [2.75, 3.05) is 13.2 Å². The Bertz CT molecular complexity index is 1280. The van der Waals surface area contributed by atoms with E-state index in [1.807, 2.05) is 54.6 Å². The molecule has 1 unspecified atom stereocenters. The summed E-state index contributed by atoms with van der Waals surface area (Å²) in [4.78, 5) is 18.0. The van der Waals surface area contributed by atoms with Gasteiger partial charge in [0, 0.05) is 39.1 Å². The van der Waals surface area contributed by atoms with E-state index in [-0.39, 0.29) is 5.75 Å². The van der Waals surface area contributed by atoms with Crippen molar-refractivity contribution < 1.29 is 14.6 Å². The maximum Gasteiger partial charge on any atom is 0.410 e. The van der Waals surface area contributed by atoms with Crippen molar-refractivity contribution in [2.45, 2.75) is 19.4 Å². The van der Waals surface area contributed by atoms with Crippen molar-refractivity contribution >= 4 is 39.4 Å². The predicted octanol–water partition coefficient (Wildman–Crippen LogP) is 5.78. The maximum absolute atomic E-state index is 12.8. The van der Waals surface area contributed by atoms with Gasteiger partial charge in [0.2, 0.25) is 0 Å². The number of H-pyrrole nitrogens is 1. The van der Waals surface area contributed by atoms with Crippen LogP contribution < -0.4 is 0 Å². The third kappa shape index (κ3) is 2.89. The van der Waals surface area contributed by atoms with Crippen molar-refractivity contribution in [3.8, 4) is 5.75 Å². The summed E-state index contributed by atoms with van der Waals surface area (Å²) in [5.41, 5.74) is 3.63. The van der Waals surface area contributed by atoms with Crippen LogP contribution in [0.4, 0.5) is 4.79 Å². The number of phenols is 1. The van der Waals surface area contributed by atoms with Crippen molar-refractivity contribution in [1.29, 1.82) is 0 Å². The van der Waals surface area contributed by atoms with E-state index in [0.717, 1.165) is 32.9 Å². The lowest BCUT2D eigenvalue weighted by Crippen LogP contribution is -2.41. The monoisotopic (exact) mass is 420 g/mol. The number of aromatic hydroxyl groups is 1. The highest BCUT2D eigenvalue weighted by Gasteiger charge is 2.37. The molecule has 0 aliphatic carbocycles. The quantitative estimate of drug-likeness (QED) is 0.431. The summed E-state index contributed by atoms with van der Waals surface area (Å²) in [6, 6.07) is 16.8. The van der Waals surface area contributed by atoms with Crippen LogP contribution in [0.2, 0.25) is 5.02 Å². The molecular formula is C24H21ClN2O3. The van der Waals surface area contributed by atoms with Gasteiger partial charge in [-0.15, -0.1) is 0 Å². The number of rotatable bonds is 2. The Kier molecular flexibility index (Phi) is 4.55. The minimum Gasteiger partial charge on any atom is -0.507 e. The number of carbonyl (C=O) groups excluding carboxylic acids is 1. The molecule has 0 spiro atoms. The van der Waals surface area contributed by atoms with E-state index in [1.54, 1.807) is 11.8 Å². The number of carbonyl (C=O) groups is 1. The Morgan fingerprint density at radius 1 is 1.20 bits per heavy atom. The molecule has 1 aliphatic rings. The largest absolute Gasteiger partial charge is 0.507 e. The number of nitrogens with zero attached hydrogens (tertiary/aromatic N) is 1. The van der Waals surface area contributed by atoms with E-state index in [0.29, 0.717) is 30.2 Å². The number of fused-ring (bicyclic) bond motifs is 4. The van der Waals surface area contributed by atoms with Gasteiger partial charge in [0.05, 0.1) is 6.61 Å². The third-order valence-corrected chi connectivity index (χ3v) is 6.05. The molecule has 2 heterocycles. The smallest absolute Gasteiger partial charge is 0.410 e. The molecule has 1 aliphatic heterocycles. The first-order valence-corrected chi connectivity index (χ1v) is 10.4. The van der Waals surface area contributed by atoms with Crippen LogP contribution in [0.3, 0.4) is 0 Å². The molecule has 0 radical (unpaired) electrons. The zero-order valence-corrected chi connectivity index (χ0v) is 17.2. The Labute approximate surface area is 178 Å². The van der Waals surface area contributed by atoms with E-state index < -0.39 is 12.1 Å². The average molecular weight is 421 g/mol. The number of hydrogen-bond donors (Lipinski definition) is 2. The number of benzene rings is 3. The number of aromatic nitrogens is 1. The van der Waals surface area contributed by atoms with Gasteiger partial charge in [0.1, 0.15) is 11.8 Å². The summed E-state index contributed by atoms with van der Waals surface area (Å²) in [5, 5.41) is 14.6. The van der Waals surface area contributed by atoms with Crippen molar-refractivity contribution in [3.63, 3.8) is 0 Å². The molecule has 2 N–H and O–H groups in total. The van der Waals surface area contributed by atoms with Gasteiger partial charge in [-0.2, -0.15) is 0 Å². The Morgan fingerprint density at radius 2 is 2.03 bits per heavy atom. The van der Waals surface area contributed by atoms with Gasteiger partial charge in [0.15, 0.2) is 0 Å². The van der Waals surface area contributed by atoms with Crippen LogP contribution in [0.1, 0.15) is 29.8 Å². The summed E-state index contributed by atoms with van der Waals surface area (Å²) < 4.78 is 5.34. The molecule has 0 bridgehead atoms. The second-order valence-electron chi connectivity index (χ2n) is 7.48. The average Bonchev–Trinajstić information content (AvgIpc) is 3.12. The minimum atomic E-state index is -0.483. The molecule has 6 heteroatoms. The van der Waals surface area contributed by atoms with E-state index in [1.165, 1.54) is 0 Å². The van der Waals surface area contributed by atoms with Crippen molar-refractivity contribution in [3.05, 3.63) is 76.4 Å². The van der Waals surface area contributed by atoms with Crippen LogP contribution in [0.15, 0.2) is 54.6 Å². The number of ether oxygens (including phenoxy) is 1. The van der Waals surface area contributed by atoms with Crippen LogP contribution >= 0.6 is 11.6 Å². The zero-order valence-electron chi connectivity index (χ0n) is 16.5. The minimum absolute atomic E-state index is 0.178. The lowest BCUT2D eigenvalue weighted by molar-refractivity contribution is 0.0928. The molecular weight excluding hydrogens is 400 g/mol. The van der Waals surface area contributed by atoms with Gasteiger partial charge in [-0.1, -0.05) is 48.0 Å². The van der Waals surface area contributed by atoms with Gasteiger partial charge in [-0.05, 0) is 42.5 Å². The van der Waals surface area contributed by atoms with E-state index >= 15 is 0 Å². The van der Waals surface area contributed by atoms with Gasteiger partial charge in [0.25, 0.3) is 0 Å². The first-order chi connectivity index (χ1) is 14.6. The maximum atomic E-state index is 12.8. The number of hydrogen-bond acceptors (Lipinski definition) is 3. The summed E-state index contributed by atoms with van der Waals surface area (Å²) in [5.74, 6) is 0.178. The molecule has 152 valence electrons. The predicted molar refractivity (Wildman–Crippen MR) is 118 cm³/mol. The zero-order chi connectivity index (χ0) is 20.8. The second kappa shape index (κ2) is 7.26. The fraction of sp³-hybridized carbons (Fsp3) is 0.208. The molecule has 0 saturated heterocycles. The highest BCUT2D eigenvalue weighted by molar-refractivity contribution is 6.31. The molecule has 30 heavy (non-hydrogen) atoms. The molecule has 0 saturated carbocycles. The molecule has 0 fully saturated rings. The number of phenolic OH excluding ortho intramolecular Hbond substituents is 1. The van der Waals surface area contributed by atoms with Gasteiger partial charge >= 0.3 is 6.09 Å². The fourth-order valence-electron chi connectivity index (χ4n) is 4.48. The molecule has 5 rings (SSSR count). The number of halogens is 1. The molecule has 5 nitrogen and oxygen atoms in total. The summed E-state index contributed by atoms with van der Waals surface area (Å²) in [6.45, 7) is 2.57. The van der Waals surface area contributed by atoms with E-state index in [4.69, 9.17) is 16.3 Å². The van der Waals surface area contributed by atoms with Gasteiger partial charge in [-0.25, -0.2) is 4.79 Å². The Hall–Kier alpha value is -3.18. The van der Waals surface area contributed by atoms with Crippen LogP contribution in [0.25, 0.3) is 21.7 Å². The summed E-state index contributed by atoms with van der Waals surface area (Å²) >= 11 is 6.24. The third-order valence-electron chi connectivity index (χ3n) is 5.82. The highest BCUT2D eigenvalue weighted by atomic mass is 35.5. The van der Waals surface area contributed by atoms with Crippen LogP contribution in [-0.4, -0.2) is 34.2 Å². The van der Waals surface area contributed by atoms with Crippen molar-refractivity contribution in [2.24, 2.45) is 0 Å². The highest BCUT2D eigenvalue weighted by Crippen LogP contribution is 2.43. The van der Waals surface area contributed by atoms with Gasteiger partial charge < -0.3 is 14.8 Å². The molecule has 1 aromatic heterocycles. The molecule has 1 atom stereocenters. The SMILES string of the molecule is CCOC(=O)N1CCc2c([nH]c3ccc(Cl)cc23)C1c1ccc2ccccc2c1O. The Morgan fingerprint density at radius 3 is 2.87 bits per heavy atom.